The molecular formula is C15H24O5Si2. The predicted octanol–water partition coefficient (Wildman–Crippen LogP) is 2.61. The van der Waals surface area contributed by atoms with Gasteiger partial charge in [-0.3, -0.25) is 4.79 Å². The molecule has 0 N–H and O–H groups in total. The van der Waals surface area contributed by atoms with Crippen LogP contribution in [0, 0.1) is 0 Å². The normalized spacial score (nSPS) is 12.0. The zero-order valence-corrected chi connectivity index (χ0v) is 16.1. The largest absolute Gasteiger partial charge is 0.494 e. The van der Waals surface area contributed by atoms with Gasteiger partial charge in [-0.25, -0.2) is 0 Å². The molecule has 0 amide bonds. The molecule has 0 spiro atoms. The van der Waals surface area contributed by atoms with E-state index in [-0.39, 0.29) is 5.78 Å². The lowest BCUT2D eigenvalue weighted by molar-refractivity contribution is 0.0488. The van der Waals surface area contributed by atoms with Crippen LogP contribution in [0.25, 0.3) is 0 Å². The van der Waals surface area contributed by atoms with Crippen molar-refractivity contribution in [3.05, 3.63) is 29.8 Å². The molecule has 0 fully saturated rings. The van der Waals surface area contributed by atoms with Gasteiger partial charge in [-0.1, -0.05) is 0 Å². The van der Waals surface area contributed by atoms with Crippen LogP contribution < -0.4 is 4.74 Å². The molecule has 0 aliphatic heterocycles. The molecule has 0 aliphatic rings. The van der Waals surface area contributed by atoms with Gasteiger partial charge in [0.15, 0.2) is 5.78 Å². The standard InChI is InChI=1S/C15H24O5Si2/c1-15(2,20-22(6)18-4)14(16)12-7-9-13(10-8-12)19-11-21(5)17-3/h7-10H,11H2,1-6H3. The number of ether oxygens (including phenoxy) is 1. The van der Waals surface area contributed by atoms with Crippen LogP contribution in [0.5, 0.6) is 5.75 Å². The molecule has 0 saturated heterocycles. The van der Waals surface area contributed by atoms with E-state index < -0.39 is 23.9 Å². The average Bonchev–Trinajstić information content (AvgIpc) is 2.51. The summed E-state index contributed by atoms with van der Waals surface area (Å²) in [5.41, 5.74) is -0.311. The Labute approximate surface area is 136 Å². The molecule has 0 saturated carbocycles. The Morgan fingerprint density at radius 1 is 1.09 bits per heavy atom. The van der Waals surface area contributed by atoms with Crippen molar-refractivity contribution in [3.8, 4) is 5.75 Å². The maximum absolute atomic E-state index is 12.5. The van der Waals surface area contributed by atoms with Crippen molar-refractivity contribution in [2.75, 3.05) is 20.4 Å². The van der Waals surface area contributed by atoms with Crippen molar-refractivity contribution >= 4 is 24.1 Å². The molecular weight excluding hydrogens is 316 g/mol. The molecule has 0 unspecified atom stereocenters. The lowest BCUT2D eigenvalue weighted by Crippen LogP contribution is -2.40. The topological polar surface area (TPSA) is 54.0 Å². The first-order valence-electron chi connectivity index (χ1n) is 7.00. The highest BCUT2D eigenvalue weighted by Gasteiger charge is 2.32. The number of hydrogen-bond donors (Lipinski definition) is 0. The summed E-state index contributed by atoms with van der Waals surface area (Å²) in [6, 6.07) is 7.10. The van der Waals surface area contributed by atoms with Crippen LogP contribution >= 0.6 is 0 Å². The van der Waals surface area contributed by atoms with Gasteiger partial charge < -0.3 is 18.0 Å². The number of rotatable bonds is 9. The number of carbonyl (C=O) groups is 1. The lowest BCUT2D eigenvalue weighted by atomic mass is 9.97. The van der Waals surface area contributed by atoms with Crippen LogP contribution in [0.15, 0.2) is 24.3 Å². The van der Waals surface area contributed by atoms with Crippen LogP contribution in [0.3, 0.4) is 0 Å². The third-order valence-corrected chi connectivity index (χ3v) is 5.76. The highest BCUT2D eigenvalue weighted by molar-refractivity contribution is 6.50. The number of carbonyl (C=O) groups excluding carboxylic acids is 1. The summed E-state index contributed by atoms with van der Waals surface area (Å²) in [4.78, 5) is 12.5. The number of hydrogen-bond acceptors (Lipinski definition) is 5. The van der Waals surface area contributed by atoms with Crippen molar-refractivity contribution in [3.63, 3.8) is 0 Å². The zero-order valence-electron chi connectivity index (χ0n) is 14.1. The van der Waals surface area contributed by atoms with Crippen molar-refractivity contribution in [1.82, 2.24) is 0 Å². The fourth-order valence-electron chi connectivity index (χ4n) is 1.74. The van der Waals surface area contributed by atoms with E-state index in [9.17, 15) is 4.79 Å². The van der Waals surface area contributed by atoms with Crippen molar-refractivity contribution in [2.24, 2.45) is 0 Å². The van der Waals surface area contributed by atoms with Gasteiger partial charge in [0.1, 0.15) is 17.6 Å². The average molecular weight is 341 g/mol. The Morgan fingerprint density at radius 3 is 2.18 bits per heavy atom. The first kappa shape index (κ1) is 19.1. The highest BCUT2D eigenvalue weighted by Crippen LogP contribution is 2.21. The second-order valence-electron chi connectivity index (χ2n) is 5.36. The Morgan fingerprint density at radius 2 is 1.68 bits per heavy atom. The lowest BCUT2D eigenvalue weighted by Gasteiger charge is -2.26. The smallest absolute Gasteiger partial charge is 0.381 e. The SMILES string of the molecule is CO[Si](C)COc1ccc(C(=O)C(C)(C)O[Si](C)OC)cc1. The van der Waals surface area contributed by atoms with Gasteiger partial charge in [-0.05, 0) is 51.2 Å². The summed E-state index contributed by atoms with van der Waals surface area (Å²) in [5.74, 6) is 0.659. The first-order valence-corrected chi connectivity index (χ1v) is 10.9. The molecule has 22 heavy (non-hydrogen) atoms. The van der Waals surface area contributed by atoms with Gasteiger partial charge in [0.25, 0.3) is 0 Å². The van der Waals surface area contributed by atoms with E-state index in [1.165, 1.54) is 0 Å². The van der Waals surface area contributed by atoms with Crippen LogP contribution in [0.2, 0.25) is 13.1 Å². The van der Waals surface area contributed by atoms with Crippen LogP contribution in [0.1, 0.15) is 24.2 Å². The van der Waals surface area contributed by atoms with Crippen LogP contribution in [-0.2, 0) is 13.3 Å². The van der Waals surface area contributed by atoms with Gasteiger partial charge in [0.05, 0.1) is 0 Å². The highest BCUT2D eigenvalue weighted by atomic mass is 28.3. The fraction of sp³-hybridized carbons (Fsp3) is 0.533. The summed E-state index contributed by atoms with van der Waals surface area (Å²) in [6.45, 7) is 7.41. The third-order valence-electron chi connectivity index (χ3n) is 3.14. The number of benzene rings is 1. The zero-order chi connectivity index (χ0) is 16.8. The maximum Gasteiger partial charge on any atom is 0.381 e. The summed E-state index contributed by atoms with van der Waals surface area (Å²) in [5, 5.41) is 0. The third kappa shape index (κ3) is 5.66. The van der Waals surface area contributed by atoms with E-state index in [4.69, 9.17) is 18.0 Å². The van der Waals surface area contributed by atoms with Crippen LogP contribution in [0.4, 0.5) is 0 Å². The predicted molar refractivity (Wildman–Crippen MR) is 88.7 cm³/mol. The second-order valence-corrected chi connectivity index (χ2v) is 9.05. The first-order chi connectivity index (χ1) is 10.3. The van der Waals surface area contributed by atoms with E-state index >= 15 is 0 Å². The van der Waals surface area contributed by atoms with Crippen molar-refractivity contribution in [2.45, 2.75) is 32.5 Å². The Balaban J connectivity index is 2.71. The molecule has 2 radical (unpaired) electrons. The Hall–Kier alpha value is -0.996. The van der Waals surface area contributed by atoms with Gasteiger partial charge in [0, 0.05) is 19.8 Å². The summed E-state index contributed by atoms with van der Waals surface area (Å²) >= 11 is 0. The Bertz CT molecular complexity index is 475. The second kappa shape index (κ2) is 8.59. The molecule has 0 heterocycles. The van der Waals surface area contributed by atoms with E-state index in [1.807, 2.05) is 13.1 Å². The van der Waals surface area contributed by atoms with Crippen molar-refractivity contribution in [1.29, 1.82) is 0 Å². The molecule has 0 bridgehead atoms. The molecule has 122 valence electrons. The van der Waals surface area contributed by atoms with E-state index in [0.29, 0.717) is 11.8 Å². The molecule has 0 atom stereocenters. The van der Waals surface area contributed by atoms with E-state index in [2.05, 4.69) is 0 Å². The minimum absolute atomic E-state index is 0.0717. The summed E-state index contributed by atoms with van der Waals surface area (Å²) in [7, 11) is 0.939. The van der Waals surface area contributed by atoms with Gasteiger partial charge in [0.2, 0.25) is 9.04 Å². The minimum Gasteiger partial charge on any atom is -0.494 e. The molecule has 7 heteroatoms. The molecule has 1 rings (SSSR count). The quantitative estimate of drug-likeness (QED) is 0.511. The summed E-state index contributed by atoms with van der Waals surface area (Å²) in [6.07, 6.45) is 0.568. The van der Waals surface area contributed by atoms with E-state index in [1.54, 1.807) is 52.3 Å². The molecule has 0 aromatic heterocycles. The van der Waals surface area contributed by atoms with Crippen molar-refractivity contribution < 1.29 is 22.8 Å². The van der Waals surface area contributed by atoms with Gasteiger partial charge >= 0.3 is 9.28 Å². The molecule has 5 nitrogen and oxygen atoms in total. The molecule has 1 aromatic rings. The van der Waals surface area contributed by atoms with Gasteiger partial charge in [-0.15, -0.1) is 0 Å². The number of Topliss-reactive ketones (excluding diaryl/α,β-unsaturated/α-hetero) is 1. The fourth-order valence-corrected chi connectivity index (χ4v) is 3.12. The van der Waals surface area contributed by atoms with E-state index in [0.717, 1.165) is 5.75 Å². The maximum atomic E-state index is 12.5. The van der Waals surface area contributed by atoms with Gasteiger partial charge in [-0.2, -0.15) is 0 Å². The summed E-state index contributed by atoms with van der Waals surface area (Å²) < 4.78 is 21.7. The molecule has 0 aliphatic carbocycles. The number of ketones is 1. The van der Waals surface area contributed by atoms with Crippen LogP contribution in [-0.4, -0.2) is 50.2 Å². The minimum atomic E-state index is -1.42. The monoisotopic (exact) mass is 340 g/mol. The molecule has 1 aromatic carbocycles. The Kier molecular flexibility index (Phi) is 7.44.